The lowest BCUT2D eigenvalue weighted by atomic mass is 9.90. The third-order valence-corrected chi connectivity index (χ3v) is 9.38. The topological polar surface area (TPSA) is 95.2 Å². The number of allylic oxidation sites excluding steroid dienone is 9. The molecule has 4 aromatic rings. The largest absolute Gasteiger partial charge is 0.419 e. The molecule has 0 aromatic heterocycles. The first-order valence-corrected chi connectivity index (χ1v) is 15.7. The first-order chi connectivity index (χ1) is 26.0. The Morgan fingerprint density at radius 1 is 0.509 bits per heavy atom. The van der Waals surface area contributed by atoms with Crippen LogP contribution in [0.4, 0.5) is 43.9 Å². The Hall–Kier alpha value is -7.16. The van der Waals surface area contributed by atoms with Gasteiger partial charge in [0.1, 0.15) is 35.4 Å². The predicted octanol–water partition coefficient (Wildman–Crippen LogP) is 11.4. The molecule has 0 radical (unpaired) electrons. The first-order valence-electron chi connectivity index (χ1n) is 15.7. The summed E-state index contributed by atoms with van der Waals surface area (Å²) in [5, 5.41) is 40.0. The van der Waals surface area contributed by atoms with Gasteiger partial charge in [-0.3, -0.25) is 0 Å². The highest BCUT2D eigenvalue weighted by atomic mass is 19.4. The summed E-state index contributed by atoms with van der Waals surface area (Å²) in [5.74, 6) is -7.68. The number of fused-ring (bicyclic) bond motifs is 5. The first kappa shape index (κ1) is 36.2. The van der Waals surface area contributed by atoms with Gasteiger partial charge in [-0.2, -0.15) is 47.4 Å². The van der Waals surface area contributed by atoms with Gasteiger partial charge in [0.2, 0.25) is 0 Å². The molecule has 0 amide bonds. The van der Waals surface area contributed by atoms with Crippen LogP contribution in [0.15, 0.2) is 89.5 Å². The van der Waals surface area contributed by atoms with Crippen molar-refractivity contribution in [3.8, 4) is 46.5 Å². The second-order valence-corrected chi connectivity index (χ2v) is 12.4. The van der Waals surface area contributed by atoms with Crippen LogP contribution in [-0.4, -0.2) is 0 Å². The third kappa shape index (κ3) is 5.76. The number of hydrogen-bond acceptors (Lipinski definition) is 4. The van der Waals surface area contributed by atoms with Crippen molar-refractivity contribution < 1.29 is 43.9 Å². The molecule has 268 valence electrons. The zero-order valence-corrected chi connectivity index (χ0v) is 27.2. The van der Waals surface area contributed by atoms with E-state index in [0.717, 1.165) is 0 Å². The fourth-order valence-corrected chi connectivity index (χ4v) is 7.02. The van der Waals surface area contributed by atoms with Gasteiger partial charge in [0.05, 0.1) is 11.1 Å². The average molecular weight is 753 g/mol. The Kier molecular flexibility index (Phi) is 8.40. The molecule has 0 bridgehead atoms. The van der Waals surface area contributed by atoms with Crippen LogP contribution in [0.2, 0.25) is 0 Å². The zero-order valence-electron chi connectivity index (χ0n) is 27.2. The van der Waals surface area contributed by atoms with Gasteiger partial charge in [0.25, 0.3) is 0 Å². The zero-order chi connectivity index (χ0) is 39.7. The Morgan fingerprint density at radius 2 is 1.02 bits per heavy atom. The molecule has 0 spiro atoms. The minimum absolute atomic E-state index is 0.00317. The molecule has 0 unspecified atom stereocenters. The minimum Gasteiger partial charge on any atom is -0.204 e. The van der Waals surface area contributed by atoms with Crippen LogP contribution in [0.1, 0.15) is 45.4 Å². The maximum absolute atomic E-state index is 14.5. The Bertz CT molecular complexity index is 2750. The highest BCUT2D eigenvalue weighted by Gasteiger charge is 2.39. The smallest absolute Gasteiger partial charge is 0.204 e. The molecule has 7 rings (SSSR count). The van der Waals surface area contributed by atoms with E-state index in [9.17, 15) is 65.0 Å². The van der Waals surface area contributed by atoms with Crippen LogP contribution in [0.5, 0.6) is 0 Å². The summed E-state index contributed by atoms with van der Waals surface area (Å²) >= 11 is 0. The van der Waals surface area contributed by atoms with Gasteiger partial charge in [-0.25, -0.2) is 17.6 Å². The number of nitriles is 4. The van der Waals surface area contributed by atoms with Gasteiger partial charge < -0.3 is 0 Å². The van der Waals surface area contributed by atoms with Gasteiger partial charge >= 0.3 is 12.4 Å². The minimum atomic E-state index is -5.23. The lowest BCUT2D eigenvalue weighted by molar-refractivity contribution is -0.141. The Balaban J connectivity index is 1.47. The summed E-state index contributed by atoms with van der Waals surface area (Å²) in [6.45, 7) is 0. The predicted molar refractivity (Wildman–Crippen MR) is 178 cm³/mol. The molecule has 3 aliphatic rings. The number of benzene rings is 4. The van der Waals surface area contributed by atoms with Crippen molar-refractivity contribution in [3.63, 3.8) is 0 Å². The number of halogens is 10. The van der Waals surface area contributed by atoms with Crippen molar-refractivity contribution in [3.05, 3.63) is 152 Å². The van der Waals surface area contributed by atoms with Crippen molar-refractivity contribution in [2.45, 2.75) is 18.8 Å². The van der Waals surface area contributed by atoms with E-state index in [0.29, 0.717) is 46.5 Å². The van der Waals surface area contributed by atoms with E-state index in [1.165, 1.54) is 36.4 Å². The van der Waals surface area contributed by atoms with E-state index in [4.69, 9.17) is 0 Å². The van der Waals surface area contributed by atoms with E-state index >= 15 is 0 Å². The van der Waals surface area contributed by atoms with E-state index in [2.05, 4.69) is 0 Å². The van der Waals surface area contributed by atoms with E-state index in [1.54, 1.807) is 36.4 Å². The lowest BCUT2D eigenvalue weighted by Gasteiger charge is -2.13. The maximum atomic E-state index is 14.5. The highest BCUT2D eigenvalue weighted by molar-refractivity contribution is 6.13. The summed E-state index contributed by atoms with van der Waals surface area (Å²) < 4.78 is 139. The standard InChI is InChI=1S/C41H14F10N4/c42-34-10-20(8-32(38(34)44)40(46,47)48)18-2-1-3-24-26-12-27-25-5-4-19(21-9-33(41(49,50)51)39(45)35(43)11-21)7-29(25)37(23(16-54)17-55)31(27)13-30(26)36(28(24)6-18)22(14-52)15-53/h1,3-13H,2H2. The Labute approximate surface area is 304 Å². The van der Waals surface area contributed by atoms with E-state index < -0.39 is 57.9 Å². The average Bonchev–Trinajstić information content (AvgIpc) is 3.48. The van der Waals surface area contributed by atoms with Crippen molar-refractivity contribution >= 4 is 22.3 Å². The second-order valence-electron chi connectivity index (χ2n) is 12.4. The van der Waals surface area contributed by atoms with Gasteiger partial charge in [-0.05, 0) is 122 Å². The molecule has 0 aliphatic heterocycles. The molecule has 0 saturated heterocycles. The quantitative estimate of drug-likeness (QED) is 0.132. The summed E-state index contributed by atoms with van der Waals surface area (Å²) in [4.78, 5) is 0. The van der Waals surface area contributed by atoms with Crippen LogP contribution in [0, 0.1) is 68.6 Å². The van der Waals surface area contributed by atoms with E-state index in [1.807, 2.05) is 0 Å². The molecule has 4 nitrogen and oxygen atoms in total. The fourth-order valence-electron chi connectivity index (χ4n) is 7.02. The van der Waals surface area contributed by atoms with Crippen LogP contribution in [0.25, 0.3) is 44.5 Å². The molecule has 3 aliphatic carbocycles. The lowest BCUT2D eigenvalue weighted by Crippen LogP contribution is -2.10. The summed E-state index contributed by atoms with van der Waals surface area (Å²) in [5.41, 5.74) is -2.84. The second kappa shape index (κ2) is 12.8. The van der Waals surface area contributed by atoms with Gasteiger partial charge in [0, 0.05) is 11.1 Å². The molecule has 0 saturated carbocycles. The van der Waals surface area contributed by atoms with Crippen molar-refractivity contribution in [2.75, 3.05) is 0 Å². The fraction of sp³-hybridized carbons (Fsp3) is 0.0732. The third-order valence-electron chi connectivity index (χ3n) is 9.38. The molecule has 4 aromatic carbocycles. The summed E-state index contributed by atoms with van der Waals surface area (Å²) in [6.07, 6.45) is -6.08. The number of nitrogens with zero attached hydrogens (tertiary/aromatic N) is 4. The summed E-state index contributed by atoms with van der Waals surface area (Å²) in [6, 6.07) is 16.4. The Morgan fingerprint density at radius 3 is 1.60 bits per heavy atom. The highest BCUT2D eigenvalue weighted by Crippen LogP contribution is 2.54. The number of hydrogen-bond donors (Lipinski definition) is 0. The van der Waals surface area contributed by atoms with Crippen molar-refractivity contribution in [1.82, 2.24) is 0 Å². The van der Waals surface area contributed by atoms with E-state index in [-0.39, 0.29) is 62.1 Å². The van der Waals surface area contributed by atoms with Crippen LogP contribution in [0.3, 0.4) is 0 Å². The molecular weight excluding hydrogens is 738 g/mol. The van der Waals surface area contributed by atoms with Crippen LogP contribution < -0.4 is 0 Å². The molecular formula is C41H14F10N4. The molecule has 0 heterocycles. The number of alkyl halides is 6. The summed E-state index contributed by atoms with van der Waals surface area (Å²) in [7, 11) is 0. The molecule has 0 atom stereocenters. The SMILES string of the molecule is N#CC(C#N)=C1C2=C(C=CCC(c3cc(F)c(F)c(C(F)(F)F)c3)=C2)c2cc3c(cc21)C(=C(C#N)C#N)c1cc(-c2cc(F)c(F)c(C(F)(F)F)c2)ccc1-3. The number of rotatable bonds is 2. The maximum Gasteiger partial charge on any atom is 0.419 e. The normalized spacial score (nSPS) is 14.1. The van der Waals surface area contributed by atoms with Gasteiger partial charge in [-0.15, -0.1) is 0 Å². The van der Waals surface area contributed by atoms with Gasteiger partial charge in [-0.1, -0.05) is 24.3 Å². The molecule has 0 fully saturated rings. The van der Waals surface area contributed by atoms with Crippen molar-refractivity contribution in [1.29, 1.82) is 21.0 Å². The molecule has 0 N–H and O–H groups in total. The molecule has 55 heavy (non-hydrogen) atoms. The van der Waals surface area contributed by atoms with Crippen molar-refractivity contribution in [2.24, 2.45) is 0 Å². The monoisotopic (exact) mass is 752 g/mol. The van der Waals surface area contributed by atoms with Crippen LogP contribution in [-0.2, 0) is 12.4 Å². The molecule has 14 heteroatoms. The van der Waals surface area contributed by atoms with Crippen LogP contribution >= 0.6 is 0 Å². The van der Waals surface area contributed by atoms with Gasteiger partial charge in [0.15, 0.2) is 23.3 Å².